The van der Waals surface area contributed by atoms with Gasteiger partial charge in [-0.2, -0.15) is 0 Å². The summed E-state index contributed by atoms with van der Waals surface area (Å²) in [6, 6.07) is 5.98. The number of esters is 1. The van der Waals surface area contributed by atoms with Gasteiger partial charge in [0.25, 0.3) is 0 Å². The van der Waals surface area contributed by atoms with Crippen molar-refractivity contribution < 1.29 is 14.3 Å². The fraction of sp³-hybridized carbons (Fsp3) is 0.500. The quantitative estimate of drug-likeness (QED) is 0.756. The Hall–Kier alpha value is -2.04. The van der Waals surface area contributed by atoms with E-state index in [-0.39, 0.29) is 24.3 Å². The summed E-state index contributed by atoms with van der Waals surface area (Å²) in [4.78, 5) is 22.8. The summed E-state index contributed by atoms with van der Waals surface area (Å²) in [7, 11) is 1.34. The molecule has 0 aliphatic heterocycles. The van der Waals surface area contributed by atoms with Crippen LogP contribution in [0.1, 0.15) is 30.9 Å². The number of hydrogen-bond acceptors (Lipinski definition) is 4. The van der Waals surface area contributed by atoms with E-state index in [2.05, 4.69) is 21.4 Å². The molecule has 0 aliphatic rings. The van der Waals surface area contributed by atoms with Crippen LogP contribution in [0.2, 0.25) is 0 Å². The minimum atomic E-state index is -0.323. The van der Waals surface area contributed by atoms with E-state index >= 15 is 0 Å². The molecule has 0 bridgehead atoms. The second-order valence-corrected chi connectivity index (χ2v) is 5.30. The van der Waals surface area contributed by atoms with Crippen molar-refractivity contribution in [3.05, 3.63) is 29.3 Å². The van der Waals surface area contributed by atoms with Gasteiger partial charge in [0.2, 0.25) is 5.91 Å². The first-order chi connectivity index (χ1) is 9.90. The molecule has 1 rings (SSSR count). The Morgan fingerprint density at radius 2 is 1.81 bits per heavy atom. The maximum atomic E-state index is 11.7. The molecule has 0 aliphatic carbocycles. The van der Waals surface area contributed by atoms with E-state index in [9.17, 15) is 9.59 Å². The van der Waals surface area contributed by atoms with Gasteiger partial charge in [0.15, 0.2) is 0 Å². The SMILES string of the molecule is COC(=O)C[C@@H](C)NC(=O)CCNc1cc(C)cc(C)c1. The van der Waals surface area contributed by atoms with Crippen LogP contribution in [-0.2, 0) is 14.3 Å². The summed E-state index contributed by atoms with van der Waals surface area (Å²) >= 11 is 0. The van der Waals surface area contributed by atoms with Gasteiger partial charge in [-0.1, -0.05) is 6.07 Å². The van der Waals surface area contributed by atoms with E-state index in [1.165, 1.54) is 18.2 Å². The Balaban J connectivity index is 2.31. The zero-order chi connectivity index (χ0) is 15.8. The average Bonchev–Trinajstić information content (AvgIpc) is 2.37. The van der Waals surface area contributed by atoms with Gasteiger partial charge < -0.3 is 15.4 Å². The molecule has 1 amide bonds. The Labute approximate surface area is 126 Å². The van der Waals surface area contributed by atoms with Crippen molar-refractivity contribution in [3.63, 3.8) is 0 Å². The number of aryl methyl sites for hydroxylation is 2. The van der Waals surface area contributed by atoms with E-state index in [1.807, 2.05) is 26.0 Å². The molecule has 5 heteroatoms. The first-order valence-electron chi connectivity index (χ1n) is 7.09. The molecule has 5 nitrogen and oxygen atoms in total. The number of amides is 1. The van der Waals surface area contributed by atoms with Crippen LogP contribution in [0.3, 0.4) is 0 Å². The van der Waals surface area contributed by atoms with Crippen LogP contribution in [-0.4, -0.2) is 31.6 Å². The number of ether oxygens (including phenoxy) is 1. The van der Waals surface area contributed by atoms with E-state index < -0.39 is 0 Å². The van der Waals surface area contributed by atoms with Crippen molar-refractivity contribution in [1.82, 2.24) is 5.32 Å². The normalized spacial score (nSPS) is 11.6. The molecule has 21 heavy (non-hydrogen) atoms. The van der Waals surface area contributed by atoms with Crippen LogP contribution in [0.4, 0.5) is 5.69 Å². The predicted octanol–water partition coefficient (Wildman–Crippen LogP) is 2.17. The third kappa shape index (κ3) is 6.79. The summed E-state index contributed by atoms with van der Waals surface area (Å²) < 4.78 is 4.56. The highest BCUT2D eigenvalue weighted by molar-refractivity contribution is 5.78. The summed E-state index contributed by atoms with van der Waals surface area (Å²) in [6.45, 7) is 6.42. The molecule has 0 radical (unpaired) electrons. The lowest BCUT2D eigenvalue weighted by Gasteiger charge is -2.13. The molecule has 0 unspecified atom stereocenters. The average molecular weight is 292 g/mol. The maximum Gasteiger partial charge on any atom is 0.307 e. The minimum Gasteiger partial charge on any atom is -0.469 e. The number of anilines is 1. The summed E-state index contributed by atoms with van der Waals surface area (Å²) in [5.74, 6) is -0.403. The standard InChI is InChI=1S/C16H24N2O3/c1-11-7-12(2)9-14(8-11)17-6-5-15(19)18-13(3)10-16(20)21-4/h7-9,13,17H,5-6,10H2,1-4H3,(H,18,19)/t13-/m1/s1. The van der Waals surface area contributed by atoms with Crippen molar-refractivity contribution in [3.8, 4) is 0 Å². The molecule has 1 aromatic carbocycles. The van der Waals surface area contributed by atoms with Crippen LogP contribution in [0, 0.1) is 13.8 Å². The van der Waals surface area contributed by atoms with Crippen molar-refractivity contribution in [1.29, 1.82) is 0 Å². The number of benzene rings is 1. The Bertz CT molecular complexity index is 480. The molecule has 0 saturated carbocycles. The lowest BCUT2D eigenvalue weighted by atomic mass is 10.1. The highest BCUT2D eigenvalue weighted by Crippen LogP contribution is 2.13. The van der Waals surface area contributed by atoms with Gasteiger partial charge in [0.1, 0.15) is 0 Å². The fourth-order valence-corrected chi connectivity index (χ4v) is 2.13. The van der Waals surface area contributed by atoms with Gasteiger partial charge in [-0.25, -0.2) is 0 Å². The van der Waals surface area contributed by atoms with Crippen LogP contribution < -0.4 is 10.6 Å². The monoisotopic (exact) mass is 292 g/mol. The van der Waals surface area contributed by atoms with Gasteiger partial charge in [-0.05, 0) is 44.0 Å². The fourth-order valence-electron chi connectivity index (χ4n) is 2.13. The number of carbonyl (C=O) groups excluding carboxylic acids is 2. The molecule has 2 N–H and O–H groups in total. The van der Waals surface area contributed by atoms with Crippen LogP contribution in [0.15, 0.2) is 18.2 Å². The molecule has 0 saturated heterocycles. The second kappa shape index (κ2) is 8.29. The summed E-state index contributed by atoms with van der Waals surface area (Å²) in [5, 5.41) is 6.00. The second-order valence-electron chi connectivity index (χ2n) is 5.30. The maximum absolute atomic E-state index is 11.7. The van der Waals surface area contributed by atoms with Crippen LogP contribution >= 0.6 is 0 Å². The van der Waals surface area contributed by atoms with Crippen molar-refractivity contribution >= 4 is 17.6 Å². The Kier molecular flexibility index (Phi) is 6.72. The van der Waals surface area contributed by atoms with E-state index in [0.717, 1.165) is 5.69 Å². The molecule has 0 fully saturated rings. The zero-order valence-electron chi connectivity index (χ0n) is 13.2. The molecule has 0 heterocycles. The highest BCUT2D eigenvalue weighted by atomic mass is 16.5. The predicted molar refractivity (Wildman–Crippen MR) is 83.3 cm³/mol. The molecule has 1 atom stereocenters. The smallest absolute Gasteiger partial charge is 0.307 e. The van der Waals surface area contributed by atoms with Crippen LogP contribution in [0.25, 0.3) is 0 Å². The lowest BCUT2D eigenvalue weighted by Crippen LogP contribution is -2.35. The zero-order valence-corrected chi connectivity index (χ0v) is 13.2. The number of hydrogen-bond donors (Lipinski definition) is 2. The Morgan fingerprint density at radius 1 is 1.19 bits per heavy atom. The topological polar surface area (TPSA) is 67.4 Å². The van der Waals surface area contributed by atoms with Gasteiger partial charge in [-0.15, -0.1) is 0 Å². The third-order valence-electron chi connectivity index (χ3n) is 3.01. The van der Waals surface area contributed by atoms with Crippen molar-refractivity contribution in [2.45, 2.75) is 39.7 Å². The number of carbonyl (C=O) groups is 2. The molecule has 0 spiro atoms. The molecule has 1 aromatic rings. The van der Waals surface area contributed by atoms with Gasteiger partial charge in [-0.3, -0.25) is 9.59 Å². The largest absolute Gasteiger partial charge is 0.469 e. The highest BCUT2D eigenvalue weighted by Gasteiger charge is 2.11. The number of rotatable bonds is 7. The number of methoxy groups -OCH3 is 1. The van der Waals surface area contributed by atoms with E-state index in [4.69, 9.17) is 0 Å². The third-order valence-corrected chi connectivity index (χ3v) is 3.01. The molecule has 0 aromatic heterocycles. The van der Waals surface area contributed by atoms with Gasteiger partial charge in [0.05, 0.1) is 13.5 Å². The molecule has 116 valence electrons. The molecular weight excluding hydrogens is 268 g/mol. The number of nitrogens with one attached hydrogen (secondary N) is 2. The molecular formula is C16H24N2O3. The van der Waals surface area contributed by atoms with Crippen LogP contribution in [0.5, 0.6) is 0 Å². The van der Waals surface area contributed by atoms with Crippen molar-refractivity contribution in [2.24, 2.45) is 0 Å². The van der Waals surface area contributed by atoms with Gasteiger partial charge in [0, 0.05) is 24.7 Å². The minimum absolute atomic E-state index is 0.0803. The lowest BCUT2D eigenvalue weighted by molar-refractivity contribution is -0.141. The Morgan fingerprint density at radius 3 is 2.38 bits per heavy atom. The van der Waals surface area contributed by atoms with Gasteiger partial charge >= 0.3 is 5.97 Å². The van der Waals surface area contributed by atoms with Crippen molar-refractivity contribution in [2.75, 3.05) is 19.0 Å². The first kappa shape index (κ1) is 17.0. The first-order valence-corrected chi connectivity index (χ1v) is 7.09. The van der Waals surface area contributed by atoms with E-state index in [1.54, 1.807) is 6.92 Å². The summed E-state index contributed by atoms with van der Waals surface area (Å²) in [5.41, 5.74) is 3.39. The summed E-state index contributed by atoms with van der Waals surface area (Å²) in [6.07, 6.45) is 0.547. The van der Waals surface area contributed by atoms with E-state index in [0.29, 0.717) is 13.0 Å².